The molecule has 0 spiro atoms. The van der Waals surface area contributed by atoms with Crippen molar-refractivity contribution in [2.24, 2.45) is 4.99 Å². The fourth-order valence-electron chi connectivity index (χ4n) is 2.47. The van der Waals surface area contributed by atoms with Gasteiger partial charge in [-0.15, -0.1) is 0 Å². The molecular formula is C15H16Cl2N4O3. The van der Waals surface area contributed by atoms with Crippen molar-refractivity contribution in [2.45, 2.75) is 12.5 Å². The standard InChI is InChI=1S/C15H16Cl2N4O3/c16-10-2-1-9(7-11(10)17)18-13(22)8-12-14(23)20-15(19-12)21-3-5-24-6-4-21/h1-2,7,12H,3-6,8H2,(H,18,22)(H,19,20,23)/t12-/m0/s1. The molecular weight excluding hydrogens is 355 g/mol. The summed E-state index contributed by atoms with van der Waals surface area (Å²) in [6, 6.07) is 4.06. The van der Waals surface area contributed by atoms with Gasteiger partial charge in [0.1, 0.15) is 6.04 Å². The van der Waals surface area contributed by atoms with E-state index in [-0.39, 0.29) is 18.2 Å². The Labute approximate surface area is 149 Å². The van der Waals surface area contributed by atoms with Crippen molar-refractivity contribution in [1.82, 2.24) is 10.2 Å². The summed E-state index contributed by atoms with van der Waals surface area (Å²) in [5, 5.41) is 6.16. The summed E-state index contributed by atoms with van der Waals surface area (Å²) in [5.74, 6) is -0.0862. The minimum absolute atomic E-state index is 0.0417. The molecule has 128 valence electrons. The number of guanidine groups is 1. The number of hydrogen-bond acceptors (Lipinski definition) is 5. The molecule has 7 nitrogen and oxygen atoms in total. The number of anilines is 1. The lowest BCUT2D eigenvalue weighted by molar-refractivity contribution is -0.124. The van der Waals surface area contributed by atoms with Crippen LogP contribution in [0.5, 0.6) is 0 Å². The molecule has 2 amide bonds. The molecule has 1 saturated heterocycles. The van der Waals surface area contributed by atoms with Gasteiger partial charge < -0.3 is 15.0 Å². The third kappa shape index (κ3) is 3.98. The lowest BCUT2D eigenvalue weighted by Crippen LogP contribution is -2.46. The monoisotopic (exact) mass is 370 g/mol. The number of nitrogens with one attached hydrogen (secondary N) is 2. The summed E-state index contributed by atoms with van der Waals surface area (Å²) in [6.45, 7) is 2.53. The number of halogens is 2. The maximum Gasteiger partial charge on any atom is 0.252 e. The molecule has 2 heterocycles. The molecule has 2 aliphatic rings. The first kappa shape index (κ1) is 17.0. The lowest BCUT2D eigenvalue weighted by atomic mass is 10.2. The highest BCUT2D eigenvalue weighted by Gasteiger charge is 2.31. The first-order chi connectivity index (χ1) is 11.5. The summed E-state index contributed by atoms with van der Waals surface area (Å²) in [7, 11) is 0. The number of amides is 2. The van der Waals surface area contributed by atoms with E-state index in [1.165, 1.54) is 0 Å². The highest BCUT2D eigenvalue weighted by atomic mass is 35.5. The quantitative estimate of drug-likeness (QED) is 0.844. The van der Waals surface area contributed by atoms with Gasteiger partial charge in [0.25, 0.3) is 5.91 Å². The molecule has 1 aromatic carbocycles. The van der Waals surface area contributed by atoms with Crippen LogP contribution in [0.2, 0.25) is 10.0 Å². The Morgan fingerprint density at radius 2 is 2.08 bits per heavy atom. The van der Waals surface area contributed by atoms with Crippen LogP contribution in [0.3, 0.4) is 0 Å². The molecule has 2 aliphatic heterocycles. The average Bonchev–Trinajstić information content (AvgIpc) is 2.93. The zero-order valence-electron chi connectivity index (χ0n) is 12.7. The zero-order chi connectivity index (χ0) is 17.1. The molecule has 0 aliphatic carbocycles. The third-order valence-electron chi connectivity index (χ3n) is 3.71. The number of ether oxygens (including phenoxy) is 1. The summed E-state index contributed by atoms with van der Waals surface area (Å²) in [4.78, 5) is 30.4. The van der Waals surface area contributed by atoms with E-state index in [9.17, 15) is 9.59 Å². The predicted octanol–water partition coefficient (Wildman–Crippen LogP) is 1.51. The van der Waals surface area contributed by atoms with Crippen LogP contribution in [0.25, 0.3) is 0 Å². The molecule has 0 unspecified atom stereocenters. The van der Waals surface area contributed by atoms with Gasteiger partial charge in [0.15, 0.2) is 0 Å². The van der Waals surface area contributed by atoms with Crippen LogP contribution >= 0.6 is 23.2 Å². The van der Waals surface area contributed by atoms with Crippen LogP contribution in [0, 0.1) is 0 Å². The molecule has 9 heteroatoms. The topological polar surface area (TPSA) is 83.0 Å². The van der Waals surface area contributed by atoms with E-state index in [1.54, 1.807) is 18.2 Å². The number of benzene rings is 1. The highest BCUT2D eigenvalue weighted by molar-refractivity contribution is 6.42. The molecule has 3 rings (SSSR count). The third-order valence-corrected chi connectivity index (χ3v) is 4.45. The van der Waals surface area contributed by atoms with E-state index in [1.807, 2.05) is 4.90 Å². The number of aliphatic imine (C=N–C) groups is 1. The number of nitrogens with zero attached hydrogens (tertiary/aromatic N) is 2. The van der Waals surface area contributed by atoms with Crippen LogP contribution in [0.1, 0.15) is 6.42 Å². The van der Waals surface area contributed by atoms with Crippen molar-refractivity contribution in [1.29, 1.82) is 0 Å². The minimum Gasteiger partial charge on any atom is -0.378 e. The molecule has 1 atom stereocenters. The van der Waals surface area contributed by atoms with Gasteiger partial charge in [0.2, 0.25) is 11.9 Å². The van der Waals surface area contributed by atoms with Gasteiger partial charge in [-0.25, -0.2) is 4.99 Å². The molecule has 0 saturated carbocycles. The molecule has 1 aromatic rings. The SMILES string of the molecule is O=C(C[C@@H]1N=C(N2CCOCC2)NC1=O)Nc1ccc(Cl)c(Cl)c1. The van der Waals surface area contributed by atoms with E-state index < -0.39 is 6.04 Å². The van der Waals surface area contributed by atoms with Crippen molar-refractivity contribution in [3.8, 4) is 0 Å². The van der Waals surface area contributed by atoms with Crippen LogP contribution in [-0.4, -0.2) is 55.0 Å². The van der Waals surface area contributed by atoms with Gasteiger partial charge in [-0.3, -0.25) is 14.9 Å². The van der Waals surface area contributed by atoms with Crippen molar-refractivity contribution in [3.05, 3.63) is 28.2 Å². The molecule has 2 N–H and O–H groups in total. The van der Waals surface area contributed by atoms with Crippen molar-refractivity contribution in [2.75, 3.05) is 31.6 Å². The van der Waals surface area contributed by atoms with E-state index >= 15 is 0 Å². The largest absolute Gasteiger partial charge is 0.378 e. The number of carbonyl (C=O) groups excluding carboxylic acids is 2. The smallest absolute Gasteiger partial charge is 0.252 e. The van der Waals surface area contributed by atoms with Gasteiger partial charge in [-0.1, -0.05) is 23.2 Å². The second-order valence-electron chi connectivity index (χ2n) is 5.44. The Morgan fingerprint density at radius 3 is 2.79 bits per heavy atom. The van der Waals surface area contributed by atoms with E-state index in [0.717, 1.165) is 0 Å². The molecule has 0 aromatic heterocycles. The first-order valence-corrected chi connectivity index (χ1v) is 8.25. The van der Waals surface area contributed by atoms with Gasteiger partial charge >= 0.3 is 0 Å². The first-order valence-electron chi connectivity index (χ1n) is 7.49. The van der Waals surface area contributed by atoms with E-state index in [0.29, 0.717) is 48.0 Å². The number of carbonyl (C=O) groups is 2. The average molecular weight is 371 g/mol. The second-order valence-corrected chi connectivity index (χ2v) is 6.25. The fraction of sp³-hybridized carbons (Fsp3) is 0.400. The Kier molecular flexibility index (Phi) is 5.23. The van der Waals surface area contributed by atoms with Gasteiger partial charge in [-0.05, 0) is 18.2 Å². The Bertz CT molecular complexity index is 689. The van der Waals surface area contributed by atoms with Crippen LogP contribution in [0.15, 0.2) is 23.2 Å². The summed E-state index contributed by atoms with van der Waals surface area (Å²) >= 11 is 11.7. The van der Waals surface area contributed by atoms with Gasteiger partial charge in [-0.2, -0.15) is 0 Å². The normalized spacial score (nSPS) is 20.6. The summed E-state index contributed by atoms with van der Waals surface area (Å²) < 4.78 is 5.27. The summed E-state index contributed by atoms with van der Waals surface area (Å²) in [5.41, 5.74) is 0.519. The maximum absolute atomic E-state index is 12.1. The number of hydrogen-bond donors (Lipinski definition) is 2. The Balaban J connectivity index is 1.60. The van der Waals surface area contributed by atoms with E-state index in [4.69, 9.17) is 27.9 Å². The van der Waals surface area contributed by atoms with Gasteiger partial charge in [0, 0.05) is 18.8 Å². The van der Waals surface area contributed by atoms with Gasteiger partial charge in [0.05, 0.1) is 29.7 Å². The van der Waals surface area contributed by atoms with Crippen molar-refractivity contribution < 1.29 is 14.3 Å². The molecule has 1 fully saturated rings. The zero-order valence-corrected chi connectivity index (χ0v) is 14.2. The molecule has 24 heavy (non-hydrogen) atoms. The summed E-state index contributed by atoms with van der Waals surface area (Å²) in [6.07, 6.45) is -0.0417. The Morgan fingerprint density at radius 1 is 1.33 bits per heavy atom. The highest BCUT2D eigenvalue weighted by Crippen LogP contribution is 2.25. The second kappa shape index (κ2) is 7.38. The van der Waals surface area contributed by atoms with Crippen LogP contribution in [-0.2, 0) is 14.3 Å². The molecule has 0 radical (unpaired) electrons. The predicted molar refractivity (Wildman–Crippen MR) is 91.5 cm³/mol. The Hall–Kier alpha value is -1.83. The number of rotatable bonds is 3. The van der Waals surface area contributed by atoms with Crippen molar-refractivity contribution >= 4 is 46.7 Å². The van der Waals surface area contributed by atoms with E-state index in [2.05, 4.69) is 15.6 Å². The maximum atomic E-state index is 12.1. The van der Waals surface area contributed by atoms with Crippen molar-refractivity contribution in [3.63, 3.8) is 0 Å². The molecule has 0 bridgehead atoms. The fourth-order valence-corrected chi connectivity index (χ4v) is 2.77. The minimum atomic E-state index is -0.731. The lowest BCUT2D eigenvalue weighted by Gasteiger charge is -2.27. The van der Waals surface area contributed by atoms with Crippen LogP contribution < -0.4 is 10.6 Å². The number of morpholine rings is 1. The van der Waals surface area contributed by atoms with Crippen LogP contribution in [0.4, 0.5) is 5.69 Å².